The van der Waals surface area contributed by atoms with Gasteiger partial charge in [-0.25, -0.2) is 0 Å². The summed E-state index contributed by atoms with van der Waals surface area (Å²) >= 11 is 0. The first-order chi connectivity index (χ1) is 8.81. The molecule has 2 heteroatoms. The lowest BCUT2D eigenvalue weighted by atomic mass is 9.84. The second-order valence-electron chi connectivity index (χ2n) is 5.49. The zero-order valence-corrected chi connectivity index (χ0v) is 11.6. The Kier molecular flexibility index (Phi) is 5.06. The third kappa shape index (κ3) is 3.49. The molecule has 0 amide bonds. The number of nitrogens with zero attached hydrogens (tertiary/aromatic N) is 1. The number of rotatable bonds is 5. The average Bonchev–Trinajstić information content (AvgIpc) is 2.46. The van der Waals surface area contributed by atoms with Crippen LogP contribution >= 0.6 is 0 Å². The first kappa shape index (κ1) is 13.4. The van der Waals surface area contributed by atoms with E-state index in [1.165, 1.54) is 43.4 Å². The molecule has 0 radical (unpaired) electrons. The summed E-state index contributed by atoms with van der Waals surface area (Å²) in [4.78, 5) is 2.29. The summed E-state index contributed by atoms with van der Waals surface area (Å²) in [7, 11) is 2.14. The van der Waals surface area contributed by atoms with Gasteiger partial charge in [0.1, 0.15) is 0 Å². The first-order valence-corrected chi connectivity index (χ1v) is 7.32. The SMILES string of the molecule is CN(CCCN)c1ccc(C2CCCCC2)cc1. The van der Waals surface area contributed by atoms with Gasteiger partial charge in [0.2, 0.25) is 0 Å². The lowest BCUT2D eigenvalue weighted by Crippen LogP contribution is -2.20. The van der Waals surface area contributed by atoms with Crippen LogP contribution in [0.1, 0.15) is 50.0 Å². The fourth-order valence-corrected chi connectivity index (χ4v) is 2.89. The van der Waals surface area contributed by atoms with E-state index in [0.717, 1.165) is 25.4 Å². The van der Waals surface area contributed by atoms with Crippen molar-refractivity contribution in [2.24, 2.45) is 5.73 Å². The van der Waals surface area contributed by atoms with Gasteiger partial charge < -0.3 is 10.6 Å². The summed E-state index contributed by atoms with van der Waals surface area (Å²) in [6, 6.07) is 9.18. The molecule has 0 saturated heterocycles. The molecule has 18 heavy (non-hydrogen) atoms. The zero-order chi connectivity index (χ0) is 12.8. The van der Waals surface area contributed by atoms with E-state index in [9.17, 15) is 0 Å². The van der Waals surface area contributed by atoms with Crippen molar-refractivity contribution in [3.05, 3.63) is 29.8 Å². The quantitative estimate of drug-likeness (QED) is 0.861. The molecule has 0 aliphatic heterocycles. The molecular weight excluding hydrogens is 220 g/mol. The molecule has 1 fully saturated rings. The van der Waals surface area contributed by atoms with Gasteiger partial charge in [-0.15, -0.1) is 0 Å². The number of hydrogen-bond acceptors (Lipinski definition) is 2. The average molecular weight is 246 g/mol. The predicted molar refractivity (Wildman–Crippen MR) is 79.2 cm³/mol. The van der Waals surface area contributed by atoms with Crippen LogP contribution in [0.3, 0.4) is 0 Å². The van der Waals surface area contributed by atoms with Crippen molar-refractivity contribution in [1.29, 1.82) is 0 Å². The van der Waals surface area contributed by atoms with Crippen molar-refractivity contribution in [3.63, 3.8) is 0 Å². The van der Waals surface area contributed by atoms with Crippen molar-refractivity contribution in [3.8, 4) is 0 Å². The monoisotopic (exact) mass is 246 g/mol. The van der Waals surface area contributed by atoms with Crippen LogP contribution in [-0.4, -0.2) is 20.1 Å². The second kappa shape index (κ2) is 6.79. The Hall–Kier alpha value is -1.02. The number of benzene rings is 1. The summed E-state index contributed by atoms with van der Waals surface area (Å²) in [6.45, 7) is 1.81. The highest BCUT2D eigenvalue weighted by molar-refractivity contribution is 5.47. The van der Waals surface area contributed by atoms with E-state index in [2.05, 4.69) is 36.2 Å². The molecule has 1 aliphatic carbocycles. The molecule has 0 bridgehead atoms. The minimum atomic E-state index is 0.768. The molecule has 1 aromatic rings. The van der Waals surface area contributed by atoms with Crippen LogP contribution in [-0.2, 0) is 0 Å². The van der Waals surface area contributed by atoms with E-state index in [0.29, 0.717) is 0 Å². The summed E-state index contributed by atoms with van der Waals surface area (Å²) in [5, 5.41) is 0. The van der Waals surface area contributed by atoms with Gasteiger partial charge in [-0.3, -0.25) is 0 Å². The molecule has 1 aliphatic rings. The van der Waals surface area contributed by atoms with Gasteiger partial charge in [0.15, 0.2) is 0 Å². The minimum Gasteiger partial charge on any atom is -0.375 e. The Morgan fingerprint density at radius 3 is 2.39 bits per heavy atom. The highest BCUT2D eigenvalue weighted by Gasteiger charge is 2.15. The van der Waals surface area contributed by atoms with Gasteiger partial charge in [-0.1, -0.05) is 31.4 Å². The molecule has 1 aromatic carbocycles. The maximum Gasteiger partial charge on any atom is 0.0363 e. The Morgan fingerprint density at radius 2 is 1.78 bits per heavy atom. The van der Waals surface area contributed by atoms with Gasteiger partial charge in [-0.05, 0) is 49.4 Å². The fourth-order valence-electron chi connectivity index (χ4n) is 2.89. The molecule has 0 unspecified atom stereocenters. The number of hydrogen-bond donors (Lipinski definition) is 1. The smallest absolute Gasteiger partial charge is 0.0363 e. The van der Waals surface area contributed by atoms with E-state index in [1.54, 1.807) is 0 Å². The van der Waals surface area contributed by atoms with Crippen LogP contribution in [0.2, 0.25) is 0 Å². The Morgan fingerprint density at radius 1 is 1.11 bits per heavy atom. The third-order valence-corrected chi connectivity index (χ3v) is 4.11. The van der Waals surface area contributed by atoms with Crippen molar-refractivity contribution in [2.45, 2.75) is 44.4 Å². The first-order valence-electron chi connectivity index (χ1n) is 7.32. The topological polar surface area (TPSA) is 29.3 Å². The van der Waals surface area contributed by atoms with Gasteiger partial charge in [-0.2, -0.15) is 0 Å². The van der Waals surface area contributed by atoms with E-state index in [1.807, 2.05) is 0 Å². The maximum absolute atomic E-state index is 5.55. The minimum absolute atomic E-state index is 0.768. The largest absolute Gasteiger partial charge is 0.375 e. The molecule has 1 saturated carbocycles. The Balaban J connectivity index is 1.95. The van der Waals surface area contributed by atoms with Crippen LogP contribution in [0, 0.1) is 0 Å². The van der Waals surface area contributed by atoms with Crippen molar-refractivity contribution < 1.29 is 0 Å². The summed E-state index contributed by atoms with van der Waals surface area (Å²) in [5.41, 5.74) is 8.39. The van der Waals surface area contributed by atoms with Gasteiger partial charge >= 0.3 is 0 Å². The molecule has 2 nitrogen and oxygen atoms in total. The van der Waals surface area contributed by atoms with Crippen molar-refractivity contribution in [1.82, 2.24) is 0 Å². The number of nitrogens with two attached hydrogens (primary N) is 1. The predicted octanol–water partition coefficient (Wildman–Crippen LogP) is 3.52. The van der Waals surface area contributed by atoms with Crippen LogP contribution in [0.25, 0.3) is 0 Å². The van der Waals surface area contributed by atoms with E-state index >= 15 is 0 Å². The summed E-state index contributed by atoms with van der Waals surface area (Å²) in [5.74, 6) is 0.808. The van der Waals surface area contributed by atoms with Crippen LogP contribution in [0.5, 0.6) is 0 Å². The summed E-state index contributed by atoms with van der Waals surface area (Å²) < 4.78 is 0. The van der Waals surface area contributed by atoms with Crippen molar-refractivity contribution >= 4 is 5.69 Å². The maximum atomic E-state index is 5.55. The van der Waals surface area contributed by atoms with E-state index < -0.39 is 0 Å². The number of anilines is 1. The van der Waals surface area contributed by atoms with Gasteiger partial charge in [0.05, 0.1) is 0 Å². The molecule has 0 spiro atoms. The summed E-state index contributed by atoms with van der Waals surface area (Å²) in [6.07, 6.45) is 8.05. The Labute approximate surface area is 111 Å². The van der Waals surface area contributed by atoms with E-state index in [-0.39, 0.29) is 0 Å². The molecule has 2 N–H and O–H groups in total. The van der Waals surface area contributed by atoms with Crippen LogP contribution in [0.15, 0.2) is 24.3 Å². The van der Waals surface area contributed by atoms with Gasteiger partial charge in [0.25, 0.3) is 0 Å². The van der Waals surface area contributed by atoms with Gasteiger partial charge in [0, 0.05) is 19.3 Å². The fraction of sp³-hybridized carbons (Fsp3) is 0.625. The molecular formula is C16H26N2. The van der Waals surface area contributed by atoms with Crippen LogP contribution in [0.4, 0.5) is 5.69 Å². The van der Waals surface area contributed by atoms with E-state index in [4.69, 9.17) is 5.73 Å². The molecule has 0 heterocycles. The molecule has 2 rings (SSSR count). The highest BCUT2D eigenvalue weighted by atomic mass is 15.1. The molecule has 100 valence electrons. The normalized spacial score (nSPS) is 16.8. The Bertz CT molecular complexity index is 339. The zero-order valence-electron chi connectivity index (χ0n) is 11.6. The van der Waals surface area contributed by atoms with Crippen LogP contribution < -0.4 is 10.6 Å². The highest BCUT2D eigenvalue weighted by Crippen LogP contribution is 2.33. The van der Waals surface area contributed by atoms with Crippen molar-refractivity contribution in [2.75, 3.05) is 25.0 Å². The third-order valence-electron chi connectivity index (χ3n) is 4.11. The molecule has 0 atom stereocenters. The molecule has 0 aromatic heterocycles. The second-order valence-corrected chi connectivity index (χ2v) is 5.49. The lowest BCUT2D eigenvalue weighted by molar-refractivity contribution is 0.443. The lowest BCUT2D eigenvalue weighted by Gasteiger charge is -2.23. The standard InChI is InChI=1S/C16H26N2/c1-18(13-5-12-17)16-10-8-15(9-11-16)14-6-3-2-4-7-14/h8-11,14H,2-7,12-13,17H2,1H3.